The Bertz CT molecular complexity index is 516. The number of esters is 1. The van der Waals surface area contributed by atoms with Gasteiger partial charge in [0.15, 0.2) is 9.84 Å². The number of rotatable bonds is 6. The molecule has 0 aromatic heterocycles. The van der Waals surface area contributed by atoms with E-state index in [-0.39, 0.29) is 12.3 Å². The van der Waals surface area contributed by atoms with E-state index in [1.165, 1.54) is 0 Å². The summed E-state index contributed by atoms with van der Waals surface area (Å²) in [6.45, 7) is 9.81. The molecule has 0 aliphatic heterocycles. The molecular weight excluding hydrogens is 324 g/mol. The topological polar surface area (TPSA) is 125 Å². The second-order valence-electron chi connectivity index (χ2n) is 7.14. The molecule has 136 valence electrons. The molecule has 0 fully saturated rings. The van der Waals surface area contributed by atoms with Crippen LogP contribution in [0.5, 0.6) is 0 Å². The van der Waals surface area contributed by atoms with Crippen LogP contribution in [0.15, 0.2) is 0 Å². The minimum Gasteiger partial charge on any atom is -0.458 e. The normalized spacial score (nSPS) is 14.0. The van der Waals surface area contributed by atoms with Crippen molar-refractivity contribution in [3.8, 4) is 0 Å². The van der Waals surface area contributed by atoms with Crippen molar-refractivity contribution in [2.45, 2.75) is 58.8 Å². The Hall–Kier alpha value is -1.35. The van der Waals surface area contributed by atoms with Crippen LogP contribution >= 0.6 is 0 Å². The van der Waals surface area contributed by atoms with Crippen molar-refractivity contribution in [3.63, 3.8) is 0 Å². The molecule has 0 heterocycles. The molecule has 1 unspecified atom stereocenters. The number of hydrogen-bond donors (Lipinski definition) is 2. The molecule has 0 aliphatic carbocycles. The Morgan fingerprint density at radius 1 is 1.04 bits per heavy atom. The predicted octanol–water partition coefficient (Wildman–Crippen LogP) is 0.595. The summed E-state index contributed by atoms with van der Waals surface area (Å²) in [6, 6.07) is -1.36. The lowest BCUT2D eigenvalue weighted by atomic mass is 10.2. The van der Waals surface area contributed by atoms with E-state index in [2.05, 4.69) is 5.32 Å². The predicted molar refractivity (Wildman–Crippen MR) is 86.7 cm³/mol. The van der Waals surface area contributed by atoms with Crippen molar-refractivity contribution in [3.05, 3.63) is 0 Å². The van der Waals surface area contributed by atoms with Crippen molar-refractivity contribution < 1.29 is 27.5 Å². The molecule has 0 spiro atoms. The molecule has 0 bridgehead atoms. The van der Waals surface area contributed by atoms with Gasteiger partial charge in [-0.2, -0.15) is 0 Å². The number of hydrogen-bond acceptors (Lipinski definition) is 7. The molecule has 0 aromatic carbocycles. The Morgan fingerprint density at radius 3 is 1.91 bits per heavy atom. The third-order valence-corrected chi connectivity index (χ3v) is 3.93. The largest absolute Gasteiger partial charge is 0.458 e. The molecule has 9 heteroatoms. The molecule has 23 heavy (non-hydrogen) atoms. The summed E-state index contributed by atoms with van der Waals surface area (Å²) in [7, 11) is -3.62. The average Bonchev–Trinajstić information content (AvgIpc) is 2.22. The van der Waals surface area contributed by atoms with Crippen LogP contribution in [-0.4, -0.2) is 55.8 Å². The summed E-state index contributed by atoms with van der Waals surface area (Å²) in [6.07, 6.45) is -0.892. The first-order valence-electron chi connectivity index (χ1n) is 7.28. The quantitative estimate of drug-likeness (QED) is 0.670. The van der Waals surface area contributed by atoms with Crippen LogP contribution in [-0.2, 0) is 24.1 Å². The molecule has 0 aliphatic rings. The fourth-order valence-corrected chi connectivity index (χ4v) is 2.76. The van der Waals surface area contributed by atoms with Gasteiger partial charge in [0.2, 0.25) is 0 Å². The molecule has 0 saturated heterocycles. The zero-order valence-electron chi connectivity index (χ0n) is 14.6. The fourth-order valence-electron chi connectivity index (χ4n) is 1.51. The first-order chi connectivity index (χ1) is 10.2. The van der Waals surface area contributed by atoms with Gasteiger partial charge in [0.1, 0.15) is 17.2 Å². The number of nitrogens with one attached hydrogen (secondary N) is 1. The zero-order chi connectivity index (χ0) is 18.5. The fraction of sp³-hybridized carbons (Fsp3) is 0.857. The highest BCUT2D eigenvalue weighted by Gasteiger charge is 2.32. The van der Waals surface area contributed by atoms with Crippen LogP contribution in [0.2, 0.25) is 0 Å². The lowest BCUT2D eigenvalue weighted by molar-refractivity contribution is -0.156. The van der Waals surface area contributed by atoms with Crippen molar-refractivity contribution in [2.24, 2.45) is 5.73 Å². The van der Waals surface area contributed by atoms with E-state index < -0.39 is 44.9 Å². The van der Waals surface area contributed by atoms with Gasteiger partial charge in [-0.1, -0.05) is 0 Å². The monoisotopic (exact) mass is 352 g/mol. The van der Waals surface area contributed by atoms with Crippen LogP contribution in [0.1, 0.15) is 41.5 Å². The van der Waals surface area contributed by atoms with Gasteiger partial charge in [0.25, 0.3) is 0 Å². The number of ether oxygens (including phenoxy) is 2. The van der Waals surface area contributed by atoms with Gasteiger partial charge >= 0.3 is 12.1 Å². The van der Waals surface area contributed by atoms with E-state index in [4.69, 9.17) is 15.2 Å². The lowest BCUT2D eigenvalue weighted by Crippen LogP contribution is -2.49. The second kappa shape index (κ2) is 7.96. The first kappa shape index (κ1) is 21.6. The maximum absolute atomic E-state index is 12.2. The standard InChI is InChI=1S/C14H28N2O6S/c1-13(2,3)21-11(17)10(9-23(19,20)8-7-15)16-12(18)22-14(4,5)6/h10H,7-9,15H2,1-6H3,(H,16,18). The van der Waals surface area contributed by atoms with Crippen molar-refractivity contribution >= 4 is 21.9 Å². The summed E-state index contributed by atoms with van der Waals surface area (Å²) in [5.74, 6) is -1.73. The van der Waals surface area contributed by atoms with Gasteiger partial charge in [-0.25, -0.2) is 18.0 Å². The van der Waals surface area contributed by atoms with Crippen LogP contribution in [0, 0.1) is 0 Å². The smallest absolute Gasteiger partial charge is 0.408 e. The number of amides is 1. The summed E-state index contributed by atoms with van der Waals surface area (Å²) in [5, 5.41) is 2.25. The molecule has 1 atom stereocenters. The number of alkyl carbamates (subject to hydrolysis) is 1. The van der Waals surface area contributed by atoms with Crippen molar-refractivity contribution in [2.75, 3.05) is 18.1 Å². The van der Waals surface area contributed by atoms with Gasteiger partial charge in [-0.3, -0.25) is 0 Å². The third kappa shape index (κ3) is 10.9. The van der Waals surface area contributed by atoms with Crippen molar-refractivity contribution in [1.82, 2.24) is 5.32 Å². The van der Waals surface area contributed by atoms with E-state index in [1.54, 1.807) is 41.5 Å². The van der Waals surface area contributed by atoms with Gasteiger partial charge in [0, 0.05) is 6.54 Å². The lowest BCUT2D eigenvalue weighted by Gasteiger charge is -2.26. The highest BCUT2D eigenvalue weighted by atomic mass is 32.2. The average molecular weight is 352 g/mol. The molecule has 0 radical (unpaired) electrons. The molecule has 0 aromatic rings. The van der Waals surface area contributed by atoms with E-state index in [0.29, 0.717) is 0 Å². The Morgan fingerprint density at radius 2 is 1.52 bits per heavy atom. The number of sulfone groups is 1. The highest BCUT2D eigenvalue weighted by molar-refractivity contribution is 7.91. The van der Waals surface area contributed by atoms with Gasteiger partial charge in [0.05, 0.1) is 11.5 Å². The van der Waals surface area contributed by atoms with Crippen LogP contribution in [0.3, 0.4) is 0 Å². The number of carbonyl (C=O) groups excluding carboxylic acids is 2. The van der Waals surface area contributed by atoms with E-state index in [1.807, 2.05) is 0 Å². The third-order valence-electron chi connectivity index (χ3n) is 2.23. The summed E-state index contributed by atoms with van der Waals surface area (Å²) in [4.78, 5) is 24.0. The Kier molecular flexibility index (Phi) is 7.49. The van der Waals surface area contributed by atoms with E-state index in [9.17, 15) is 18.0 Å². The summed E-state index contributed by atoms with van der Waals surface area (Å²) in [5.41, 5.74) is 3.65. The van der Waals surface area contributed by atoms with Crippen LogP contribution in [0.25, 0.3) is 0 Å². The van der Waals surface area contributed by atoms with Crippen LogP contribution in [0.4, 0.5) is 4.79 Å². The molecular formula is C14H28N2O6S. The van der Waals surface area contributed by atoms with Gasteiger partial charge < -0.3 is 20.5 Å². The summed E-state index contributed by atoms with van der Waals surface area (Å²) < 4.78 is 34.0. The van der Waals surface area contributed by atoms with E-state index in [0.717, 1.165) is 0 Å². The Labute approximate surface area is 138 Å². The van der Waals surface area contributed by atoms with Crippen molar-refractivity contribution in [1.29, 1.82) is 0 Å². The second-order valence-corrected chi connectivity index (χ2v) is 9.36. The highest BCUT2D eigenvalue weighted by Crippen LogP contribution is 2.11. The minimum absolute atomic E-state index is 0.0736. The zero-order valence-corrected chi connectivity index (χ0v) is 15.5. The Balaban J connectivity index is 5.15. The number of carbonyl (C=O) groups is 2. The SMILES string of the molecule is CC(C)(C)OC(=O)NC(CS(=O)(=O)CCN)C(=O)OC(C)(C)C. The number of nitrogens with two attached hydrogens (primary N) is 1. The van der Waals surface area contributed by atoms with E-state index >= 15 is 0 Å². The van der Waals surface area contributed by atoms with Crippen LogP contribution < -0.4 is 11.1 Å². The molecule has 0 rings (SSSR count). The summed E-state index contributed by atoms with van der Waals surface area (Å²) >= 11 is 0. The molecule has 8 nitrogen and oxygen atoms in total. The maximum Gasteiger partial charge on any atom is 0.408 e. The minimum atomic E-state index is -3.62. The molecule has 1 amide bonds. The van der Waals surface area contributed by atoms with Gasteiger partial charge in [-0.05, 0) is 41.5 Å². The maximum atomic E-state index is 12.2. The first-order valence-corrected chi connectivity index (χ1v) is 9.10. The molecule has 3 N–H and O–H groups in total. The molecule has 0 saturated carbocycles. The van der Waals surface area contributed by atoms with Gasteiger partial charge in [-0.15, -0.1) is 0 Å².